The van der Waals surface area contributed by atoms with E-state index in [1.165, 1.54) is 0 Å². The average molecular weight is 307 g/mol. The zero-order valence-electron chi connectivity index (χ0n) is 12.6. The number of rotatable bonds is 5. The van der Waals surface area contributed by atoms with E-state index in [-0.39, 0.29) is 17.9 Å². The molecule has 0 saturated heterocycles. The molecule has 1 amide bonds. The van der Waals surface area contributed by atoms with Crippen molar-refractivity contribution in [3.63, 3.8) is 0 Å². The fraction of sp³-hybridized carbons (Fsp3) is 0.167. The summed E-state index contributed by atoms with van der Waals surface area (Å²) in [5.74, 6) is -0.0747. The highest BCUT2D eigenvalue weighted by Crippen LogP contribution is 2.11. The smallest absolute Gasteiger partial charge is 0.251 e. The van der Waals surface area contributed by atoms with E-state index >= 15 is 0 Å². The lowest BCUT2D eigenvalue weighted by Gasteiger charge is -2.06. The number of carbonyl (C=O) groups excluding carboxylic acids is 1. The second-order valence-electron chi connectivity index (χ2n) is 5.34. The third-order valence-corrected chi connectivity index (χ3v) is 3.69. The van der Waals surface area contributed by atoms with Gasteiger partial charge >= 0.3 is 0 Å². The number of fused-ring (bicyclic) bond motifs is 1. The molecule has 0 bridgehead atoms. The second kappa shape index (κ2) is 6.87. The normalized spacial score (nSPS) is 10.6. The van der Waals surface area contributed by atoms with Gasteiger partial charge in [-0.05, 0) is 41.6 Å². The minimum atomic E-state index is -0.134. The summed E-state index contributed by atoms with van der Waals surface area (Å²) in [6.45, 7) is 0.468. The van der Waals surface area contributed by atoms with Crippen molar-refractivity contribution in [3.05, 3.63) is 76.3 Å². The van der Waals surface area contributed by atoms with Gasteiger partial charge in [0.25, 0.3) is 5.56 Å². The summed E-state index contributed by atoms with van der Waals surface area (Å²) in [7, 11) is 0. The highest BCUT2D eigenvalue weighted by molar-refractivity contribution is 5.79. The number of pyridine rings is 2. The van der Waals surface area contributed by atoms with Crippen molar-refractivity contribution in [3.8, 4) is 0 Å². The lowest BCUT2D eigenvalue weighted by Crippen LogP contribution is -2.24. The first-order chi connectivity index (χ1) is 11.2. The van der Waals surface area contributed by atoms with Crippen molar-refractivity contribution in [2.45, 2.75) is 19.4 Å². The number of aromatic nitrogens is 2. The average Bonchev–Trinajstić information content (AvgIpc) is 2.59. The van der Waals surface area contributed by atoms with Gasteiger partial charge in [-0.1, -0.05) is 18.2 Å². The summed E-state index contributed by atoms with van der Waals surface area (Å²) in [6.07, 6.45) is 4.08. The van der Waals surface area contributed by atoms with Gasteiger partial charge in [-0.2, -0.15) is 0 Å². The molecule has 2 aromatic heterocycles. The highest BCUT2D eigenvalue weighted by Gasteiger charge is 2.06. The van der Waals surface area contributed by atoms with Gasteiger partial charge in [-0.25, -0.2) is 0 Å². The first kappa shape index (κ1) is 15.0. The van der Waals surface area contributed by atoms with Crippen LogP contribution in [0.25, 0.3) is 10.9 Å². The van der Waals surface area contributed by atoms with E-state index in [1.807, 2.05) is 42.5 Å². The third-order valence-electron chi connectivity index (χ3n) is 3.69. The van der Waals surface area contributed by atoms with Crippen molar-refractivity contribution in [1.29, 1.82) is 0 Å². The van der Waals surface area contributed by atoms with Crippen LogP contribution < -0.4 is 10.9 Å². The number of nitrogens with one attached hydrogen (secondary N) is 2. The number of aryl methyl sites for hydroxylation is 1. The highest BCUT2D eigenvalue weighted by atomic mass is 16.1. The third kappa shape index (κ3) is 3.83. The molecule has 3 aromatic rings. The van der Waals surface area contributed by atoms with Crippen LogP contribution in [0.5, 0.6) is 0 Å². The molecule has 0 aliphatic carbocycles. The number of hydrogen-bond acceptors (Lipinski definition) is 3. The summed E-state index contributed by atoms with van der Waals surface area (Å²) in [5.41, 5.74) is 2.30. The standard InChI is InChI=1S/C18H17N3O2/c22-17(20-12-13-7-9-19-10-8-13)6-5-15-11-14-3-1-2-4-16(14)21-18(15)23/h1-4,7-11H,5-6,12H2,(H,20,22)(H,21,23). The predicted octanol–water partition coefficient (Wildman–Crippen LogP) is 2.17. The van der Waals surface area contributed by atoms with Crippen LogP contribution in [-0.2, 0) is 17.8 Å². The van der Waals surface area contributed by atoms with Gasteiger partial charge in [0.2, 0.25) is 5.91 Å². The Morgan fingerprint density at radius 3 is 2.74 bits per heavy atom. The fourth-order valence-corrected chi connectivity index (χ4v) is 2.42. The maximum Gasteiger partial charge on any atom is 0.251 e. The number of carbonyl (C=O) groups is 1. The molecule has 0 unspecified atom stereocenters. The van der Waals surface area contributed by atoms with Gasteiger partial charge in [-0.3, -0.25) is 14.6 Å². The maximum atomic E-state index is 12.0. The number of H-pyrrole nitrogens is 1. The molecule has 0 spiro atoms. The van der Waals surface area contributed by atoms with Gasteiger partial charge in [0.1, 0.15) is 0 Å². The summed E-state index contributed by atoms with van der Waals surface area (Å²) in [5, 5.41) is 3.82. The molecule has 5 heteroatoms. The summed E-state index contributed by atoms with van der Waals surface area (Å²) < 4.78 is 0. The molecule has 0 radical (unpaired) electrons. The van der Waals surface area contributed by atoms with E-state index in [2.05, 4.69) is 15.3 Å². The van der Waals surface area contributed by atoms with Crippen LogP contribution >= 0.6 is 0 Å². The van der Waals surface area contributed by atoms with E-state index in [4.69, 9.17) is 0 Å². The molecule has 0 aliphatic heterocycles. The van der Waals surface area contributed by atoms with Crippen molar-refractivity contribution in [2.75, 3.05) is 0 Å². The monoisotopic (exact) mass is 307 g/mol. The maximum absolute atomic E-state index is 12.0. The summed E-state index contributed by atoms with van der Waals surface area (Å²) in [4.78, 5) is 30.7. The second-order valence-corrected chi connectivity index (χ2v) is 5.34. The van der Waals surface area contributed by atoms with Crippen molar-refractivity contribution in [2.24, 2.45) is 0 Å². The topological polar surface area (TPSA) is 74.8 Å². The Labute approximate surface area is 133 Å². The van der Waals surface area contributed by atoms with Crippen molar-refractivity contribution in [1.82, 2.24) is 15.3 Å². The van der Waals surface area contributed by atoms with E-state index in [1.54, 1.807) is 12.4 Å². The molecule has 0 saturated carbocycles. The Bertz CT molecular complexity index is 872. The van der Waals surface area contributed by atoms with Crippen molar-refractivity contribution < 1.29 is 4.79 Å². The van der Waals surface area contributed by atoms with Gasteiger partial charge in [0.05, 0.1) is 0 Å². The van der Waals surface area contributed by atoms with Crippen LogP contribution in [0.1, 0.15) is 17.5 Å². The molecule has 5 nitrogen and oxygen atoms in total. The minimum Gasteiger partial charge on any atom is -0.352 e. The molecule has 3 rings (SSSR count). The molecule has 0 fully saturated rings. The Morgan fingerprint density at radius 1 is 1.13 bits per heavy atom. The number of hydrogen-bond donors (Lipinski definition) is 2. The van der Waals surface area contributed by atoms with E-state index in [9.17, 15) is 9.59 Å². The molecular weight excluding hydrogens is 290 g/mol. The van der Waals surface area contributed by atoms with Gasteiger partial charge < -0.3 is 10.3 Å². The lowest BCUT2D eigenvalue weighted by atomic mass is 10.1. The largest absolute Gasteiger partial charge is 0.352 e. The van der Waals surface area contributed by atoms with Gasteiger partial charge in [0.15, 0.2) is 0 Å². The fourth-order valence-electron chi connectivity index (χ4n) is 2.42. The van der Waals surface area contributed by atoms with Crippen molar-refractivity contribution >= 4 is 16.8 Å². The Balaban J connectivity index is 1.60. The Morgan fingerprint density at radius 2 is 1.91 bits per heavy atom. The van der Waals surface area contributed by atoms with Gasteiger partial charge in [-0.15, -0.1) is 0 Å². The number of aromatic amines is 1. The van der Waals surface area contributed by atoms with E-state index in [0.717, 1.165) is 16.5 Å². The molecule has 0 aliphatic rings. The van der Waals surface area contributed by atoms with Crippen LogP contribution in [0.4, 0.5) is 0 Å². The Hall–Kier alpha value is -2.95. The van der Waals surface area contributed by atoms with E-state index < -0.39 is 0 Å². The molecule has 0 atom stereocenters. The van der Waals surface area contributed by atoms with Crippen LogP contribution in [0, 0.1) is 0 Å². The van der Waals surface area contributed by atoms with Crippen LogP contribution in [0.3, 0.4) is 0 Å². The molecule has 2 heterocycles. The van der Waals surface area contributed by atoms with Crippen LogP contribution in [0.2, 0.25) is 0 Å². The molecule has 2 N–H and O–H groups in total. The number of benzene rings is 1. The molecule has 116 valence electrons. The van der Waals surface area contributed by atoms with Crippen LogP contribution in [0.15, 0.2) is 59.7 Å². The number of amides is 1. The Kier molecular flexibility index (Phi) is 4.47. The molecule has 23 heavy (non-hydrogen) atoms. The summed E-state index contributed by atoms with van der Waals surface area (Å²) in [6, 6.07) is 13.2. The molecular formula is C18H17N3O2. The van der Waals surface area contributed by atoms with Gasteiger partial charge in [0, 0.05) is 36.4 Å². The lowest BCUT2D eigenvalue weighted by molar-refractivity contribution is -0.121. The zero-order chi connectivity index (χ0) is 16.1. The van der Waals surface area contributed by atoms with Crippen LogP contribution in [-0.4, -0.2) is 15.9 Å². The summed E-state index contributed by atoms with van der Waals surface area (Å²) >= 11 is 0. The minimum absolute atomic E-state index is 0.0747. The molecule has 1 aromatic carbocycles. The predicted molar refractivity (Wildman–Crippen MR) is 89.0 cm³/mol. The number of nitrogens with zero attached hydrogens (tertiary/aromatic N) is 1. The number of para-hydroxylation sites is 1. The van der Waals surface area contributed by atoms with E-state index in [0.29, 0.717) is 18.5 Å². The quantitative estimate of drug-likeness (QED) is 0.758. The SMILES string of the molecule is O=C(CCc1cc2ccccc2[nH]c1=O)NCc1ccncc1. The first-order valence-electron chi connectivity index (χ1n) is 7.49. The first-order valence-corrected chi connectivity index (χ1v) is 7.49. The zero-order valence-corrected chi connectivity index (χ0v) is 12.6.